The highest BCUT2D eigenvalue weighted by Crippen LogP contribution is 2.44. The van der Waals surface area contributed by atoms with Gasteiger partial charge >= 0.3 is 8.72 Å². The van der Waals surface area contributed by atoms with Gasteiger partial charge in [0, 0.05) is 17.1 Å². The Kier molecular flexibility index (Phi) is 5.91. The maximum absolute atomic E-state index is 8.54. The van der Waals surface area contributed by atoms with Gasteiger partial charge < -0.3 is 8.85 Å². The minimum Gasteiger partial charge on any atom is -0.386 e. The van der Waals surface area contributed by atoms with Gasteiger partial charge in [0.25, 0.3) is 0 Å². The molecule has 3 unspecified atom stereocenters. The van der Waals surface area contributed by atoms with Gasteiger partial charge in [-0.25, -0.2) is 0 Å². The molecular weight excluding hydrogens is 296 g/mol. The molecule has 3 atom stereocenters. The second-order valence-electron chi connectivity index (χ2n) is 7.58. The van der Waals surface area contributed by atoms with E-state index in [1.165, 1.54) is 32.1 Å². The zero-order valence-electron chi connectivity index (χ0n) is 14.4. The first-order valence-corrected chi connectivity index (χ1v) is 10.2. The Morgan fingerprint density at radius 3 is 2.50 bits per heavy atom. The van der Waals surface area contributed by atoms with Gasteiger partial charge in [-0.3, -0.25) is 4.57 Å². The molecule has 22 heavy (non-hydrogen) atoms. The van der Waals surface area contributed by atoms with E-state index >= 15 is 0 Å². The van der Waals surface area contributed by atoms with E-state index in [1.807, 2.05) is 0 Å². The second-order valence-corrected chi connectivity index (χ2v) is 11.6. The Balaban J connectivity index is 2.18. The fraction of sp³-hybridized carbons (Fsp3) is 1.00. The van der Waals surface area contributed by atoms with Crippen molar-refractivity contribution in [1.82, 2.24) is 4.57 Å². The zero-order valence-corrected chi connectivity index (χ0v) is 15.4. The minimum atomic E-state index is -2.62. The van der Waals surface area contributed by atoms with Gasteiger partial charge in [-0.05, 0) is 43.3 Å². The van der Waals surface area contributed by atoms with Crippen LogP contribution in [0.25, 0.3) is 10.4 Å². The van der Waals surface area contributed by atoms with Gasteiger partial charge in [-0.2, -0.15) is 0 Å². The van der Waals surface area contributed by atoms with Crippen LogP contribution in [-0.2, 0) is 8.85 Å². The summed E-state index contributed by atoms with van der Waals surface area (Å²) in [5, 5.41) is 3.48. The number of piperidine rings is 1. The fourth-order valence-electron chi connectivity index (χ4n) is 4.29. The standard InChI is InChI=1S/C15H30N4O2Si/c1-15(2,3)22(20-4,21-12-17-18-16)19-10-9-13-7-5-6-8-14(13)11-19/h13-14H,5-12H2,1-4H3. The molecule has 0 N–H and O–H groups in total. The first-order chi connectivity index (χ1) is 10.4. The van der Waals surface area contributed by atoms with E-state index < -0.39 is 8.72 Å². The van der Waals surface area contributed by atoms with Crippen LogP contribution in [0.2, 0.25) is 5.04 Å². The van der Waals surface area contributed by atoms with E-state index in [9.17, 15) is 0 Å². The molecule has 0 aromatic carbocycles. The summed E-state index contributed by atoms with van der Waals surface area (Å²) in [6.07, 6.45) is 6.70. The maximum Gasteiger partial charge on any atom is 0.433 e. The molecule has 0 amide bonds. The molecule has 1 aliphatic carbocycles. The summed E-state index contributed by atoms with van der Waals surface area (Å²) in [6.45, 7) is 8.68. The smallest absolute Gasteiger partial charge is 0.386 e. The van der Waals surface area contributed by atoms with Gasteiger partial charge in [0.05, 0.1) is 0 Å². The van der Waals surface area contributed by atoms with Crippen molar-refractivity contribution in [3.63, 3.8) is 0 Å². The van der Waals surface area contributed by atoms with Crippen molar-refractivity contribution in [1.29, 1.82) is 0 Å². The Morgan fingerprint density at radius 1 is 1.23 bits per heavy atom. The molecule has 2 rings (SSSR count). The molecule has 0 spiro atoms. The lowest BCUT2D eigenvalue weighted by Crippen LogP contribution is -2.66. The van der Waals surface area contributed by atoms with Crippen LogP contribution in [0.5, 0.6) is 0 Å². The lowest BCUT2D eigenvalue weighted by Gasteiger charge is -2.51. The Morgan fingerprint density at radius 2 is 1.91 bits per heavy atom. The van der Waals surface area contributed by atoms with Crippen molar-refractivity contribution in [3.05, 3.63) is 10.4 Å². The van der Waals surface area contributed by atoms with E-state index in [4.69, 9.17) is 14.4 Å². The van der Waals surface area contributed by atoms with Crippen LogP contribution >= 0.6 is 0 Å². The summed E-state index contributed by atoms with van der Waals surface area (Å²) in [5.74, 6) is 1.65. The van der Waals surface area contributed by atoms with Crippen molar-refractivity contribution in [2.45, 2.75) is 57.9 Å². The third-order valence-corrected chi connectivity index (χ3v) is 9.52. The fourth-order valence-corrected chi connectivity index (χ4v) is 7.97. The summed E-state index contributed by atoms with van der Waals surface area (Å²) in [4.78, 5) is 2.81. The molecule has 1 saturated heterocycles. The third-order valence-electron chi connectivity index (χ3n) is 5.31. The van der Waals surface area contributed by atoms with Gasteiger partial charge in [-0.15, -0.1) is 0 Å². The first-order valence-electron chi connectivity index (χ1n) is 8.39. The molecule has 126 valence electrons. The van der Waals surface area contributed by atoms with Crippen molar-refractivity contribution in [3.8, 4) is 0 Å². The Hall–Kier alpha value is -0.593. The van der Waals surface area contributed by atoms with Crippen LogP contribution < -0.4 is 0 Å². The van der Waals surface area contributed by atoms with Crippen LogP contribution in [0.15, 0.2) is 5.11 Å². The molecule has 1 aliphatic heterocycles. The molecule has 0 aromatic heterocycles. The van der Waals surface area contributed by atoms with Gasteiger partial charge in [0.1, 0.15) is 6.73 Å². The molecular formula is C15H30N4O2Si. The van der Waals surface area contributed by atoms with Crippen molar-refractivity contribution >= 4 is 8.72 Å². The van der Waals surface area contributed by atoms with E-state index in [0.717, 1.165) is 24.9 Å². The van der Waals surface area contributed by atoms with Crippen LogP contribution in [0, 0.1) is 11.8 Å². The summed E-state index contributed by atoms with van der Waals surface area (Å²) in [7, 11) is -0.865. The maximum atomic E-state index is 8.54. The lowest BCUT2D eigenvalue weighted by molar-refractivity contribution is 0.0585. The average Bonchev–Trinajstić information content (AvgIpc) is 2.50. The van der Waals surface area contributed by atoms with Gasteiger partial charge in [0.15, 0.2) is 0 Å². The molecule has 0 bridgehead atoms. The van der Waals surface area contributed by atoms with Crippen LogP contribution in [0.1, 0.15) is 52.9 Å². The Labute approximate surface area is 135 Å². The highest BCUT2D eigenvalue weighted by atomic mass is 28.4. The number of rotatable bonds is 5. The lowest BCUT2D eigenvalue weighted by atomic mass is 9.76. The SMILES string of the molecule is CO[Si](OCN=[N+]=[N-])(N1CCC2CCCCC2C1)C(C)(C)C. The third kappa shape index (κ3) is 3.49. The first kappa shape index (κ1) is 17.8. The largest absolute Gasteiger partial charge is 0.433 e. The molecule has 2 fully saturated rings. The van der Waals surface area contributed by atoms with Crippen LogP contribution in [0.4, 0.5) is 0 Å². The molecule has 0 aromatic rings. The molecule has 2 aliphatic rings. The topological polar surface area (TPSA) is 70.5 Å². The number of hydrogen-bond acceptors (Lipinski definition) is 4. The summed E-state index contributed by atoms with van der Waals surface area (Å²) >= 11 is 0. The number of hydrogen-bond donors (Lipinski definition) is 0. The monoisotopic (exact) mass is 326 g/mol. The molecule has 6 nitrogen and oxygen atoms in total. The number of azide groups is 1. The van der Waals surface area contributed by atoms with Crippen LogP contribution in [0.3, 0.4) is 0 Å². The number of nitrogens with zero attached hydrogens (tertiary/aromatic N) is 4. The van der Waals surface area contributed by atoms with Crippen molar-refractivity contribution < 1.29 is 8.85 Å². The highest BCUT2D eigenvalue weighted by Gasteiger charge is 2.56. The average molecular weight is 327 g/mol. The quantitative estimate of drug-likeness (QED) is 0.329. The predicted molar refractivity (Wildman–Crippen MR) is 89.2 cm³/mol. The summed E-state index contributed by atoms with van der Waals surface area (Å²) in [6, 6.07) is 0. The molecule has 1 saturated carbocycles. The van der Waals surface area contributed by atoms with Crippen LogP contribution in [-0.4, -0.2) is 40.2 Å². The normalized spacial score (nSPS) is 29.3. The Bertz CT molecular complexity index is 422. The molecule has 0 radical (unpaired) electrons. The van der Waals surface area contributed by atoms with Crippen molar-refractivity contribution in [2.75, 3.05) is 26.9 Å². The second kappa shape index (κ2) is 7.32. The molecule has 7 heteroatoms. The zero-order chi connectivity index (χ0) is 16.2. The van der Waals surface area contributed by atoms with Crippen molar-refractivity contribution in [2.24, 2.45) is 17.0 Å². The summed E-state index contributed by atoms with van der Waals surface area (Å²) < 4.78 is 14.6. The van der Waals surface area contributed by atoms with E-state index in [1.54, 1.807) is 7.11 Å². The highest BCUT2D eigenvalue weighted by molar-refractivity contribution is 6.67. The van der Waals surface area contributed by atoms with Gasteiger partial charge in [-0.1, -0.05) is 45.1 Å². The van der Waals surface area contributed by atoms with Gasteiger partial charge in [0.2, 0.25) is 0 Å². The van der Waals surface area contributed by atoms with E-state index in [2.05, 4.69) is 35.4 Å². The minimum absolute atomic E-state index is 0.0540. The number of fused-ring (bicyclic) bond motifs is 1. The summed E-state index contributed by atoms with van der Waals surface area (Å²) in [5.41, 5.74) is 8.54. The molecule has 1 heterocycles. The van der Waals surface area contributed by atoms with E-state index in [0.29, 0.717) is 0 Å². The van der Waals surface area contributed by atoms with E-state index in [-0.39, 0.29) is 11.8 Å². The predicted octanol–water partition coefficient (Wildman–Crippen LogP) is 4.17.